The van der Waals surface area contributed by atoms with E-state index in [1.807, 2.05) is 0 Å². The van der Waals surface area contributed by atoms with E-state index < -0.39 is 6.09 Å². The lowest BCUT2D eigenvalue weighted by molar-refractivity contribution is 0.177. The van der Waals surface area contributed by atoms with Gasteiger partial charge in [0.25, 0.3) is 0 Å². The summed E-state index contributed by atoms with van der Waals surface area (Å²) >= 11 is 3.18. The fourth-order valence-electron chi connectivity index (χ4n) is 1.49. The molecule has 0 unspecified atom stereocenters. The number of halogens is 2. The minimum absolute atomic E-state index is 0.131. The van der Waals surface area contributed by atoms with E-state index in [1.165, 1.54) is 6.07 Å². The van der Waals surface area contributed by atoms with Crippen LogP contribution in [0.4, 0.5) is 9.18 Å². The first-order chi connectivity index (χ1) is 7.15. The summed E-state index contributed by atoms with van der Waals surface area (Å²) in [5, 5.41) is 2.60. The summed E-state index contributed by atoms with van der Waals surface area (Å²) < 4.78 is 18.8. The molecule has 1 saturated heterocycles. The highest BCUT2D eigenvalue weighted by Crippen LogP contribution is 2.17. The Labute approximate surface area is 94.7 Å². The van der Waals surface area contributed by atoms with Gasteiger partial charge in [-0.15, -0.1) is 0 Å². The predicted octanol–water partition coefficient (Wildman–Crippen LogP) is 2.24. The van der Waals surface area contributed by atoms with Crippen molar-refractivity contribution >= 4 is 22.0 Å². The summed E-state index contributed by atoms with van der Waals surface area (Å²) in [5.41, 5.74) is 0.578. The van der Waals surface area contributed by atoms with E-state index in [0.717, 1.165) is 0 Å². The maximum absolute atomic E-state index is 13.4. The van der Waals surface area contributed by atoms with E-state index in [9.17, 15) is 9.18 Å². The van der Waals surface area contributed by atoms with Crippen LogP contribution in [-0.2, 0) is 11.2 Å². The fourth-order valence-corrected chi connectivity index (χ4v) is 1.82. The van der Waals surface area contributed by atoms with Gasteiger partial charge in [0.1, 0.15) is 12.4 Å². The number of carbonyl (C=O) groups excluding carboxylic acids is 1. The van der Waals surface area contributed by atoms with Gasteiger partial charge in [-0.25, -0.2) is 9.18 Å². The van der Waals surface area contributed by atoms with Gasteiger partial charge < -0.3 is 10.1 Å². The molecular formula is C10H9BrFNO2. The Morgan fingerprint density at radius 3 is 3.00 bits per heavy atom. The van der Waals surface area contributed by atoms with Gasteiger partial charge in [0.15, 0.2) is 0 Å². The van der Waals surface area contributed by atoms with Crippen LogP contribution >= 0.6 is 15.9 Å². The molecule has 0 aliphatic carbocycles. The first kappa shape index (κ1) is 10.4. The highest BCUT2D eigenvalue weighted by atomic mass is 79.9. The van der Waals surface area contributed by atoms with Gasteiger partial charge in [-0.05, 0) is 24.1 Å². The van der Waals surface area contributed by atoms with Crippen molar-refractivity contribution in [2.45, 2.75) is 12.5 Å². The second-order valence-electron chi connectivity index (χ2n) is 3.38. The predicted molar refractivity (Wildman–Crippen MR) is 56.1 cm³/mol. The smallest absolute Gasteiger partial charge is 0.407 e. The molecule has 1 aliphatic rings. The van der Waals surface area contributed by atoms with Crippen molar-refractivity contribution in [3.05, 3.63) is 34.1 Å². The van der Waals surface area contributed by atoms with Crippen LogP contribution in [0.2, 0.25) is 0 Å². The molecule has 2 rings (SSSR count). The van der Waals surface area contributed by atoms with Gasteiger partial charge in [0, 0.05) is 4.47 Å². The van der Waals surface area contributed by atoms with Crippen LogP contribution in [0, 0.1) is 5.82 Å². The zero-order valence-electron chi connectivity index (χ0n) is 7.80. The zero-order valence-corrected chi connectivity index (χ0v) is 9.38. The summed E-state index contributed by atoms with van der Waals surface area (Å²) in [6.07, 6.45) is 0.0164. The number of rotatable bonds is 2. The lowest BCUT2D eigenvalue weighted by Gasteiger charge is -2.08. The molecule has 3 nitrogen and oxygen atoms in total. The zero-order chi connectivity index (χ0) is 10.8. The van der Waals surface area contributed by atoms with Crippen LogP contribution in [0.1, 0.15) is 5.56 Å². The molecule has 1 atom stereocenters. The Bertz CT molecular complexity index is 397. The first-order valence-electron chi connectivity index (χ1n) is 4.52. The Balaban J connectivity index is 2.07. The van der Waals surface area contributed by atoms with Gasteiger partial charge in [-0.3, -0.25) is 0 Å². The average Bonchev–Trinajstić information content (AvgIpc) is 2.56. The van der Waals surface area contributed by atoms with E-state index in [0.29, 0.717) is 23.1 Å². The summed E-state index contributed by atoms with van der Waals surface area (Å²) in [6.45, 7) is 0.300. The molecule has 1 aliphatic heterocycles. The van der Waals surface area contributed by atoms with Crippen LogP contribution in [0.3, 0.4) is 0 Å². The Kier molecular flexibility index (Phi) is 2.90. The number of benzene rings is 1. The standard InChI is InChI=1S/C10H9BrFNO2/c11-7-2-1-6(9(12)4-7)3-8-5-15-10(14)13-8/h1-2,4,8H,3,5H2,(H,13,14)/t8-/m0/s1. The molecule has 0 radical (unpaired) electrons. The third-order valence-electron chi connectivity index (χ3n) is 2.22. The monoisotopic (exact) mass is 273 g/mol. The molecule has 0 aromatic heterocycles. The second kappa shape index (κ2) is 4.18. The molecular weight excluding hydrogens is 265 g/mol. The molecule has 0 spiro atoms. The molecule has 1 aromatic carbocycles. The van der Waals surface area contributed by atoms with Crippen LogP contribution in [-0.4, -0.2) is 18.7 Å². The van der Waals surface area contributed by atoms with Crippen molar-refractivity contribution in [2.75, 3.05) is 6.61 Å². The van der Waals surface area contributed by atoms with Gasteiger partial charge >= 0.3 is 6.09 Å². The van der Waals surface area contributed by atoms with E-state index in [-0.39, 0.29) is 11.9 Å². The molecule has 80 valence electrons. The summed E-state index contributed by atoms with van der Waals surface area (Å²) in [7, 11) is 0. The minimum atomic E-state index is -0.433. The van der Waals surface area contributed by atoms with Crippen LogP contribution < -0.4 is 5.32 Å². The van der Waals surface area contributed by atoms with E-state index in [2.05, 4.69) is 21.2 Å². The Morgan fingerprint density at radius 2 is 2.40 bits per heavy atom. The van der Waals surface area contributed by atoms with E-state index in [4.69, 9.17) is 4.74 Å². The average molecular weight is 274 g/mol. The van der Waals surface area contributed by atoms with E-state index >= 15 is 0 Å². The van der Waals surface area contributed by atoms with E-state index in [1.54, 1.807) is 12.1 Å². The number of carbonyl (C=O) groups is 1. The molecule has 0 saturated carbocycles. The molecule has 1 N–H and O–H groups in total. The molecule has 15 heavy (non-hydrogen) atoms. The molecule has 5 heteroatoms. The largest absolute Gasteiger partial charge is 0.447 e. The number of amides is 1. The number of hydrogen-bond donors (Lipinski definition) is 1. The molecule has 0 bridgehead atoms. The van der Waals surface area contributed by atoms with Crippen LogP contribution in [0.25, 0.3) is 0 Å². The molecule has 1 aromatic rings. The van der Waals surface area contributed by atoms with Gasteiger partial charge in [0.05, 0.1) is 6.04 Å². The minimum Gasteiger partial charge on any atom is -0.447 e. The maximum Gasteiger partial charge on any atom is 0.407 e. The number of nitrogens with one attached hydrogen (secondary N) is 1. The van der Waals surface area contributed by atoms with Crippen molar-refractivity contribution in [3.63, 3.8) is 0 Å². The first-order valence-corrected chi connectivity index (χ1v) is 5.31. The maximum atomic E-state index is 13.4. The van der Waals surface area contributed by atoms with Gasteiger partial charge in [-0.1, -0.05) is 22.0 Å². The third-order valence-corrected chi connectivity index (χ3v) is 2.71. The molecule has 1 amide bonds. The lowest BCUT2D eigenvalue weighted by atomic mass is 10.1. The number of cyclic esters (lactones) is 1. The van der Waals surface area contributed by atoms with Crippen molar-refractivity contribution in [1.82, 2.24) is 5.32 Å². The highest BCUT2D eigenvalue weighted by Gasteiger charge is 2.23. The molecule has 1 fully saturated rings. The van der Waals surface area contributed by atoms with Crippen LogP contribution in [0.5, 0.6) is 0 Å². The Morgan fingerprint density at radius 1 is 1.60 bits per heavy atom. The summed E-state index contributed by atoms with van der Waals surface area (Å²) in [4.78, 5) is 10.7. The summed E-state index contributed by atoms with van der Waals surface area (Å²) in [5.74, 6) is -0.273. The number of ether oxygens (including phenoxy) is 1. The van der Waals surface area contributed by atoms with Crippen molar-refractivity contribution in [3.8, 4) is 0 Å². The summed E-state index contributed by atoms with van der Waals surface area (Å²) in [6, 6.07) is 4.75. The van der Waals surface area contributed by atoms with Crippen molar-refractivity contribution in [2.24, 2.45) is 0 Å². The topological polar surface area (TPSA) is 38.3 Å². The van der Waals surface area contributed by atoms with Crippen LogP contribution in [0.15, 0.2) is 22.7 Å². The normalized spacial score (nSPS) is 19.9. The second-order valence-corrected chi connectivity index (χ2v) is 4.30. The van der Waals surface area contributed by atoms with Crippen molar-refractivity contribution < 1.29 is 13.9 Å². The molecule has 1 heterocycles. The van der Waals surface area contributed by atoms with Gasteiger partial charge in [-0.2, -0.15) is 0 Å². The van der Waals surface area contributed by atoms with Gasteiger partial charge in [0.2, 0.25) is 0 Å². The lowest BCUT2D eigenvalue weighted by Crippen LogP contribution is -2.28. The Hall–Kier alpha value is -1.10. The quantitative estimate of drug-likeness (QED) is 0.898. The SMILES string of the molecule is O=C1N[C@@H](Cc2ccc(Br)cc2F)CO1. The third kappa shape index (κ3) is 2.47. The highest BCUT2D eigenvalue weighted by molar-refractivity contribution is 9.10. The number of hydrogen-bond acceptors (Lipinski definition) is 2. The fraction of sp³-hybridized carbons (Fsp3) is 0.300. The van der Waals surface area contributed by atoms with Crippen molar-refractivity contribution in [1.29, 1.82) is 0 Å². The number of alkyl carbamates (subject to hydrolysis) is 1.